The summed E-state index contributed by atoms with van der Waals surface area (Å²) in [6.45, 7) is 0.728. The fraction of sp³-hybridized carbons (Fsp3) is 0.391. The fourth-order valence-corrected chi connectivity index (χ4v) is 5.10. The van der Waals surface area contributed by atoms with Crippen LogP contribution in [0, 0.1) is 5.92 Å². The van der Waals surface area contributed by atoms with Crippen molar-refractivity contribution in [2.75, 3.05) is 28.6 Å². The van der Waals surface area contributed by atoms with E-state index in [1.54, 1.807) is 36.4 Å². The Morgan fingerprint density at radius 2 is 1.62 bits per heavy atom. The van der Waals surface area contributed by atoms with Gasteiger partial charge >= 0.3 is 0 Å². The van der Waals surface area contributed by atoms with E-state index in [1.807, 2.05) is 12.1 Å². The van der Waals surface area contributed by atoms with Gasteiger partial charge in [-0.3, -0.25) is 14.3 Å². The van der Waals surface area contributed by atoms with E-state index >= 15 is 0 Å². The molecule has 1 aliphatic rings. The quantitative estimate of drug-likeness (QED) is 0.474. The summed E-state index contributed by atoms with van der Waals surface area (Å²) in [4.78, 5) is 25.8. The molecule has 3 N–H and O–H groups in total. The normalized spacial score (nSPS) is 14.5. The van der Waals surface area contributed by atoms with Gasteiger partial charge in [0.25, 0.3) is 5.91 Å². The molecular weight excluding hydrogens is 446 g/mol. The van der Waals surface area contributed by atoms with Crippen LogP contribution in [0.1, 0.15) is 42.5 Å². The number of benzene rings is 2. The topological polar surface area (TPSA) is 104 Å². The molecular formula is C23H29N3O4S2. The zero-order chi connectivity index (χ0) is 23.0. The van der Waals surface area contributed by atoms with Crippen LogP contribution in [0.2, 0.25) is 0 Å². The van der Waals surface area contributed by atoms with Crippen LogP contribution in [0.25, 0.3) is 0 Å². The standard InChI is InChI=1S/C23H29N3O4S2/c1-32(29,30)26-19-13-11-18(12-14-19)25-23(28)20-9-5-6-10-21(20)31-16-22(27)24-15-17-7-3-2-4-8-17/h5-6,9-14,17,26H,2-4,7-8,15-16H2,1H3,(H,24,27)(H,25,28). The predicted octanol–water partition coefficient (Wildman–Crippen LogP) is 4.10. The number of hydrogen-bond donors (Lipinski definition) is 3. The van der Waals surface area contributed by atoms with Gasteiger partial charge in [0.2, 0.25) is 15.9 Å². The Morgan fingerprint density at radius 3 is 2.31 bits per heavy atom. The van der Waals surface area contributed by atoms with E-state index in [4.69, 9.17) is 0 Å². The lowest BCUT2D eigenvalue weighted by atomic mass is 9.89. The van der Waals surface area contributed by atoms with Gasteiger partial charge in [-0.05, 0) is 55.2 Å². The van der Waals surface area contributed by atoms with Crippen LogP contribution in [0.5, 0.6) is 0 Å². The van der Waals surface area contributed by atoms with Crippen LogP contribution >= 0.6 is 11.8 Å². The molecule has 172 valence electrons. The molecule has 0 unspecified atom stereocenters. The second-order valence-electron chi connectivity index (χ2n) is 8.00. The Morgan fingerprint density at radius 1 is 0.969 bits per heavy atom. The maximum atomic E-state index is 12.8. The molecule has 1 aliphatic carbocycles. The molecule has 0 atom stereocenters. The highest BCUT2D eigenvalue weighted by Crippen LogP contribution is 2.25. The maximum Gasteiger partial charge on any atom is 0.256 e. The second kappa shape index (κ2) is 11.4. The number of sulfonamides is 1. The van der Waals surface area contributed by atoms with Crippen LogP contribution in [-0.4, -0.2) is 38.8 Å². The molecule has 2 amide bonds. The minimum atomic E-state index is -3.36. The zero-order valence-corrected chi connectivity index (χ0v) is 19.7. The van der Waals surface area contributed by atoms with Crippen molar-refractivity contribution in [1.82, 2.24) is 5.32 Å². The van der Waals surface area contributed by atoms with Crippen molar-refractivity contribution in [3.63, 3.8) is 0 Å². The highest BCUT2D eigenvalue weighted by Gasteiger charge is 2.16. The maximum absolute atomic E-state index is 12.8. The highest BCUT2D eigenvalue weighted by atomic mass is 32.2. The third kappa shape index (κ3) is 7.87. The van der Waals surface area contributed by atoms with Crippen molar-refractivity contribution in [3.05, 3.63) is 54.1 Å². The third-order valence-electron chi connectivity index (χ3n) is 5.25. The number of hydrogen-bond acceptors (Lipinski definition) is 5. The van der Waals surface area contributed by atoms with Crippen LogP contribution < -0.4 is 15.4 Å². The van der Waals surface area contributed by atoms with Gasteiger partial charge in [-0.2, -0.15) is 0 Å². The average molecular weight is 476 g/mol. The van der Waals surface area contributed by atoms with Crippen molar-refractivity contribution in [1.29, 1.82) is 0 Å². The van der Waals surface area contributed by atoms with E-state index < -0.39 is 10.0 Å². The third-order valence-corrected chi connectivity index (χ3v) is 6.93. The van der Waals surface area contributed by atoms with Crippen LogP contribution in [-0.2, 0) is 14.8 Å². The zero-order valence-electron chi connectivity index (χ0n) is 18.1. The molecule has 0 heterocycles. The summed E-state index contributed by atoms with van der Waals surface area (Å²) in [5.74, 6) is 0.516. The lowest BCUT2D eigenvalue weighted by Gasteiger charge is -2.21. The summed E-state index contributed by atoms with van der Waals surface area (Å²) in [5.41, 5.74) is 1.44. The molecule has 0 saturated heterocycles. The molecule has 0 spiro atoms. The van der Waals surface area contributed by atoms with Gasteiger partial charge < -0.3 is 10.6 Å². The van der Waals surface area contributed by atoms with E-state index in [-0.39, 0.29) is 17.6 Å². The molecule has 7 nitrogen and oxygen atoms in total. The monoisotopic (exact) mass is 475 g/mol. The number of thioether (sulfide) groups is 1. The number of carbonyl (C=O) groups is 2. The highest BCUT2D eigenvalue weighted by molar-refractivity contribution is 8.00. The first kappa shape index (κ1) is 24.1. The molecule has 9 heteroatoms. The van der Waals surface area contributed by atoms with Gasteiger partial charge in [-0.25, -0.2) is 8.42 Å². The van der Waals surface area contributed by atoms with Crippen molar-refractivity contribution >= 4 is 45.0 Å². The minimum Gasteiger partial charge on any atom is -0.355 e. The van der Waals surface area contributed by atoms with E-state index in [0.717, 1.165) is 17.7 Å². The summed E-state index contributed by atoms with van der Waals surface area (Å²) in [7, 11) is -3.36. The molecule has 2 aromatic carbocycles. The first-order valence-electron chi connectivity index (χ1n) is 10.7. The molecule has 0 radical (unpaired) electrons. The van der Waals surface area contributed by atoms with Crippen molar-refractivity contribution in [2.45, 2.75) is 37.0 Å². The number of amides is 2. The summed E-state index contributed by atoms with van der Waals surface area (Å²) in [6.07, 6.45) is 7.22. The SMILES string of the molecule is CS(=O)(=O)Nc1ccc(NC(=O)c2ccccc2SCC(=O)NCC2CCCCC2)cc1. The molecule has 1 fully saturated rings. The second-order valence-corrected chi connectivity index (χ2v) is 10.8. The largest absolute Gasteiger partial charge is 0.355 e. The Kier molecular flexibility index (Phi) is 8.58. The van der Waals surface area contributed by atoms with Gasteiger partial charge in [0, 0.05) is 22.8 Å². The van der Waals surface area contributed by atoms with Gasteiger partial charge in [0.05, 0.1) is 17.6 Å². The first-order valence-corrected chi connectivity index (χ1v) is 13.6. The van der Waals surface area contributed by atoms with Gasteiger partial charge in [-0.15, -0.1) is 11.8 Å². The Labute approximate surface area is 193 Å². The lowest BCUT2D eigenvalue weighted by molar-refractivity contribution is -0.118. The summed E-state index contributed by atoms with van der Waals surface area (Å²) < 4.78 is 25.0. The number of anilines is 2. The molecule has 0 aliphatic heterocycles. The number of nitrogens with one attached hydrogen (secondary N) is 3. The first-order chi connectivity index (χ1) is 15.3. The van der Waals surface area contributed by atoms with Crippen molar-refractivity contribution in [2.24, 2.45) is 5.92 Å². The molecule has 1 saturated carbocycles. The lowest BCUT2D eigenvalue weighted by Crippen LogP contribution is -2.31. The molecule has 32 heavy (non-hydrogen) atoms. The van der Waals surface area contributed by atoms with Crippen LogP contribution in [0.15, 0.2) is 53.4 Å². The van der Waals surface area contributed by atoms with Gasteiger partial charge in [0.15, 0.2) is 0 Å². The number of rotatable bonds is 9. The molecule has 0 bridgehead atoms. The fourth-order valence-electron chi connectivity index (χ4n) is 3.66. The van der Waals surface area contributed by atoms with E-state index in [0.29, 0.717) is 22.9 Å². The Hall–Kier alpha value is -2.52. The Balaban J connectivity index is 1.54. The smallest absolute Gasteiger partial charge is 0.256 e. The van der Waals surface area contributed by atoms with E-state index in [9.17, 15) is 18.0 Å². The van der Waals surface area contributed by atoms with E-state index in [2.05, 4.69) is 15.4 Å². The Bertz CT molecular complexity index is 1030. The molecule has 0 aromatic heterocycles. The average Bonchev–Trinajstić information content (AvgIpc) is 2.77. The summed E-state index contributed by atoms with van der Waals surface area (Å²) in [6, 6.07) is 13.6. The van der Waals surface area contributed by atoms with Crippen LogP contribution in [0.4, 0.5) is 11.4 Å². The minimum absolute atomic E-state index is 0.0234. The van der Waals surface area contributed by atoms with Crippen molar-refractivity contribution < 1.29 is 18.0 Å². The van der Waals surface area contributed by atoms with Gasteiger partial charge in [-0.1, -0.05) is 31.4 Å². The van der Waals surface area contributed by atoms with Gasteiger partial charge in [0.1, 0.15) is 0 Å². The number of carbonyl (C=O) groups excluding carboxylic acids is 2. The summed E-state index contributed by atoms with van der Waals surface area (Å²) in [5, 5.41) is 5.84. The summed E-state index contributed by atoms with van der Waals surface area (Å²) >= 11 is 1.34. The molecule has 3 rings (SSSR count). The van der Waals surface area contributed by atoms with Crippen LogP contribution in [0.3, 0.4) is 0 Å². The predicted molar refractivity (Wildman–Crippen MR) is 130 cm³/mol. The molecule has 2 aromatic rings. The van der Waals surface area contributed by atoms with Crippen molar-refractivity contribution in [3.8, 4) is 0 Å². The van der Waals surface area contributed by atoms with E-state index in [1.165, 1.54) is 43.9 Å².